The number of rotatable bonds is 7. The minimum atomic E-state index is -0.168. The third-order valence-corrected chi connectivity index (χ3v) is 4.49. The van der Waals surface area contributed by atoms with Crippen LogP contribution >= 0.6 is 0 Å². The molecule has 134 valence electrons. The average Bonchev–Trinajstić information content (AvgIpc) is 3.03. The number of aliphatic imine (C=N–C) groups is 1. The quantitative estimate of drug-likeness (QED) is 0.590. The molecule has 5 nitrogen and oxygen atoms in total. The summed E-state index contributed by atoms with van der Waals surface area (Å²) in [6.45, 7) is 6.15. The number of hydrogen-bond acceptors (Lipinski definition) is 3. The van der Waals surface area contributed by atoms with Crippen LogP contribution in [0.2, 0.25) is 0 Å². The smallest absolute Gasteiger partial charge is 0.191 e. The fourth-order valence-electron chi connectivity index (χ4n) is 3.07. The van der Waals surface area contributed by atoms with Crippen LogP contribution in [0.25, 0.3) is 0 Å². The maximum atomic E-state index is 13.3. The van der Waals surface area contributed by atoms with Gasteiger partial charge in [-0.2, -0.15) is 0 Å². The normalized spacial score (nSPS) is 18.8. The van der Waals surface area contributed by atoms with Crippen LogP contribution in [-0.2, 0) is 11.3 Å². The third kappa shape index (κ3) is 5.46. The predicted octanol–water partition coefficient (Wildman–Crippen LogP) is 1.91. The molecule has 1 aliphatic heterocycles. The largest absolute Gasteiger partial charge is 0.383 e. The van der Waals surface area contributed by atoms with Gasteiger partial charge in [0, 0.05) is 39.8 Å². The van der Waals surface area contributed by atoms with Crippen molar-refractivity contribution in [1.82, 2.24) is 15.5 Å². The first kappa shape index (κ1) is 18.7. The van der Waals surface area contributed by atoms with Gasteiger partial charge in [0.15, 0.2) is 5.96 Å². The lowest BCUT2D eigenvalue weighted by Gasteiger charge is -2.25. The van der Waals surface area contributed by atoms with Gasteiger partial charge in [-0.05, 0) is 43.5 Å². The number of likely N-dealkylation sites (tertiary alicyclic amines) is 1. The molecule has 1 atom stereocenters. The summed E-state index contributed by atoms with van der Waals surface area (Å²) in [5.74, 6) is 0.606. The van der Waals surface area contributed by atoms with Gasteiger partial charge in [0.1, 0.15) is 5.82 Å². The molecule has 0 aromatic heterocycles. The highest BCUT2D eigenvalue weighted by Crippen LogP contribution is 2.15. The minimum absolute atomic E-state index is 0.168. The van der Waals surface area contributed by atoms with Gasteiger partial charge in [-0.3, -0.25) is 9.89 Å². The van der Waals surface area contributed by atoms with Crippen molar-refractivity contribution in [1.29, 1.82) is 0 Å². The fraction of sp³-hybridized carbons (Fsp3) is 0.611. The fourth-order valence-corrected chi connectivity index (χ4v) is 3.07. The average molecular weight is 336 g/mol. The first-order valence-electron chi connectivity index (χ1n) is 8.56. The zero-order valence-electron chi connectivity index (χ0n) is 14.9. The Kier molecular flexibility index (Phi) is 7.46. The van der Waals surface area contributed by atoms with E-state index in [1.165, 1.54) is 18.9 Å². The first-order valence-corrected chi connectivity index (χ1v) is 8.56. The first-order chi connectivity index (χ1) is 11.6. The second-order valence-corrected chi connectivity index (χ2v) is 6.22. The Labute approximate surface area is 144 Å². The molecule has 1 heterocycles. The lowest BCUT2D eigenvalue weighted by atomic mass is 10.1. The summed E-state index contributed by atoms with van der Waals surface area (Å²) >= 11 is 0. The number of methoxy groups -OCH3 is 1. The molecule has 0 radical (unpaired) electrons. The van der Waals surface area contributed by atoms with Crippen LogP contribution in [0.3, 0.4) is 0 Å². The number of aryl methyl sites for hydroxylation is 1. The van der Waals surface area contributed by atoms with E-state index >= 15 is 0 Å². The topological polar surface area (TPSA) is 48.9 Å². The Balaban J connectivity index is 1.78. The van der Waals surface area contributed by atoms with E-state index in [9.17, 15) is 4.39 Å². The maximum Gasteiger partial charge on any atom is 0.191 e. The van der Waals surface area contributed by atoms with Crippen molar-refractivity contribution >= 4 is 5.96 Å². The zero-order valence-corrected chi connectivity index (χ0v) is 14.9. The number of nitrogens with one attached hydrogen (secondary N) is 2. The molecule has 0 saturated carbocycles. The molecule has 1 unspecified atom stereocenters. The molecule has 1 fully saturated rings. The molecule has 0 aliphatic carbocycles. The van der Waals surface area contributed by atoms with E-state index in [1.807, 2.05) is 6.07 Å². The van der Waals surface area contributed by atoms with Gasteiger partial charge in [-0.1, -0.05) is 12.1 Å². The van der Waals surface area contributed by atoms with Crippen molar-refractivity contribution in [2.24, 2.45) is 4.99 Å². The lowest BCUT2D eigenvalue weighted by molar-refractivity contribution is 0.141. The summed E-state index contributed by atoms with van der Waals surface area (Å²) in [5.41, 5.74) is 1.71. The number of hydrogen-bond donors (Lipinski definition) is 2. The summed E-state index contributed by atoms with van der Waals surface area (Å²) in [5, 5.41) is 6.68. The Morgan fingerprint density at radius 2 is 2.25 bits per heavy atom. The van der Waals surface area contributed by atoms with Gasteiger partial charge in [0.05, 0.1) is 6.61 Å². The van der Waals surface area contributed by atoms with E-state index in [-0.39, 0.29) is 5.82 Å². The number of ether oxygens (including phenoxy) is 1. The molecule has 0 spiro atoms. The van der Waals surface area contributed by atoms with Gasteiger partial charge >= 0.3 is 0 Å². The summed E-state index contributed by atoms with van der Waals surface area (Å²) in [4.78, 5) is 6.73. The molecule has 1 aromatic carbocycles. The summed E-state index contributed by atoms with van der Waals surface area (Å²) in [7, 11) is 3.51. The van der Waals surface area contributed by atoms with E-state index in [0.717, 1.165) is 37.8 Å². The Bertz CT molecular complexity index is 550. The van der Waals surface area contributed by atoms with Crippen molar-refractivity contribution < 1.29 is 9.13 Å². The minimum Gasteiger partial charge on any atom is -0.383 e. The van der Waals surface area contributed by atoms with Crippen molar-refractivity contribution in [2.45, 2.75) is 32.4 Å². The number of nitrogens with zero attached hydrogens (tertiary/aromatic N) is 2. The van der Waals surface area contributed by atoms with E-state index in [2.05, 4.69) is 20.5 Å². The van der Waals surface area contributed by atoms with Crippen LogP contribution in [0.4, 0.5) is 4.39 Å². The molecule has 0 amide bonds. The number of guanidine groups is 1. The molecule has 2 rings (SSSR count). The molecule has 1 aliphatic rings. The van der Waals surface area contributed by atoms with Crippen LogP contribution in [-0.4, -0.2) is 57.3 Å². The zero-order chi connectivity index (χ0) is 17.4. The highest BCUT2D eigenvalue weighted by molar-refractivity contribution is 5.79. The van der Waals surface area contributed by atoms with Crippen molar-refractivity contribution in [2.75, 3.05) is 40.4 Å². The Morgan fingerprint density at radius 3 is 2.96 bits per heavy atom. The highest BCUT2D eigenvalue weighted by Gasteiger charge is 2.23. The van der Waals surface area contributed by atoms with Crippen LogP contribution in [0.15, 0.2) is 23.2 Å². The van der Waals surface area contributed by atoms with E-state index in [1.54, 1.807) is 27.1 Å². The lowest BCUT2D eigenvalue weighted by Crippen LogP contribution is -2.45. The molecule has 24 heavy (non-hydrogen) atoms. The molecule has 0 bridgehead atoms. The van der Waals surface area contributed by atoms with Crippen LogP contribution < -0.4 is 10.6 Å². The molecule has 1 saturated heterocycles. The SMILES string of the molecule is CN=C(NCc1ccc(F)c(C)c1)NCC1CCCN1CCOC. The monoisotopic (exact) mass is 336 g/mol. The maximum absolute atomic E-state index is 13.3. The van der Waals surface area contributed by atoms with Gasteiger partial charge in [0.2, 0.25) is 0 Å². The molecule has 6 heteroatoms. The van der Waals surface area contributed by atoms with Crippen molar-refractivity contribution in [3.8, 4) is 0 Å². The molecule has 1 aromatic rings. The number of halogens is 1. The molecular weight excluding hydrogens is 307 g/mol. The van der Waals surface area contributed by atoms with Crippen molar-refractivity contribution in [3.05, 3.63) is 35.1 Å². The Hall–Kier alpha value is -1.66. The molecular formula is C18H29FN4O. The van der Waals surface area contributed by atoms with Crippen LogP contribution in [0, 0.1) is 12.7 Å². The molecule has 2 N–H and O–H groups in total. The second-order valence-electron chi connectivity index (χ2n) is 6.22. The summed E-state index contributed by atoms with van der Waals surface area (Å²) in [6, 6.07) is 5.69. The van der Waals surface area contributed by atoms with E-state index in [4.69, 9.17) is 4.74 Å². The standard InChI is InChI=1S/C18H29FN4O/c1-14-11-15(6-7-17(14)19)12-21-18(20-2)22-13-16-5-4-8-23(16)9-10-24-3/h6-7,11,16H,4-5,8-10,12-13H2,1-3H3,(H2,20,21,22). The summed E-state index contributed by atoms with van der Waals surface area (Å²) in [6.07, 6.45) is 2.43. The van der Waals surface area contributed by atoms with Gasteiger partial charge in [-0.15, -0.1) is 0 Å². The van der Waals surface area contributed by atoms with Crippen LogP contribution in [0.5, 0.6) is 0 Å². The third-order valence-electron chi connectivity index (χ3n) is 4.49. The second kappa shape index (κ2) is 9.59. The van der Waals surface area contributed by atoms with Crippen molar-refractivity contribution in [3.63, 3.8) is 0 Å². The Morgan fingerprint density at radius 1 is 1.42 bits per heavy atom. The van der Waals surface area contributed by atoms with E-state index < -0.39 is 0 Å². The number of benzene rings is 1. The highest BCUT2D eigenvalue weighted by atomic mass is 19.1. The predicted molar refractivity (Wildman–Crippen MR) is 95.8 cm³/mol. The van der Waals surface area contributed by atoms with Gasteiger partial charge < -0.3 is 15.4 Å². The summed E-state index contributed by atoms with van der Waals surface area (Å²) < 4.78 is 18.5. The van der Waals surface area contributed by atoms with Crippen LogP contribution in [0.1, 0.15) is 24.0 Å². The van der Waals surface area contributed by atoms with E-state index in [0.29, 0.717) is 18.2 Å². The van der Waals surface area contributed by atoms with Gasteiger partial charge in [-0.25, -0.2) is 4.39 Å². The van der Waals surface area contributed by atoms with Gasteiger partial charge in [0.25, 0.3) is 0 Å².